The van der Waals surface area contributed by atoms with Crippen LogP contribution in [0, 0.1) is 0 Å². The number of hydrogen-bond acceptors (Lipinski definition) is 1. The third kappa shape index (κ3) is 2.97. The van der Waals surface area contributed by atoms with Gasteiger partial charge < -0.3 is 5.11 Å². The molecule has 0 heterocycles. The molecule has 1 N–H and O–H groups in total. The summed E-state index contributed by atoms with van der Waals surface area (Å²) in [7, 11) is 0. The number of benzene rings is 1. The van der Waals surface area contributed by atoms with Gasteiger partial charge in [0.05, 0.1) is 5.56 Å². The number of carbonyl (C=O) groups is 1. The Kier molecular flexibility index (Phi) is 5.22. The Morgan fingerprint density at radius 1 is 1.33 bits per heavy atom. The molecule has 0 fully saturated rings. The van der Waals surface area contributed by atoms with Gasteiger partial charge in [0.15, 0.2) is 0 Å². The van der Waals surface area contributed by atoms with Crippen molar-refractivity contribution in [2.45, 2.75) is 13.3 Å². The number of carboxylic acids is 1. The first-order valence-corrected chi connectivity index (χ1v) is 3.56. The van der Waals surface area contributed by atoms with Gasteiger partial charge in [0, 0.05) is 0 Å². The van der Waals surface area contributed by atoms with Gasteiger partial charge in [-0.2, -0.15) is 0 Å². The van der Waals surface area contributed by atoms with E-state index >= 15 is 0 Å². The molecule has 12 heavy (non-hydrogen) atoms. The average Bonchev–Trinajstić information content (AvgIpc) is 2.05. The molecule has 0 spiro atoms. The second-order valence-corrected chi connectivity index (χ2v) is 2.36. The molecule has 1 aromatic carbocycles. The van der Waals surface area contributed by atoms with Gasteiger partial charge in [0.25, 0.3) is 0 Å². The van der Waals surface area contributed by atoms with Gasteiger partial charge in [-0.3, -0.25) is 0 Å². The molecule has 2 nitrogen and oxygen atoms in total. The summed E-state index contributed by atoms with van der Waals surface area (Å²) in [6, 6.07) is 6.93. The van der Waals surface area contributed by atoms with Crippen LogP contribution in [0.2, 0.25) is 0 Å². The number of aryl methyl sites for hydroxylation is 1. The first-order chi connectivity index (χ1) is 5.24. The summed E-state index contributed by atoms with van der Waals surface area (Å²) in [5.41, 5.74) is 1.51. The zero-order valence-corrected chi connectivity index (χ0v) is 6.37. The average molecular weight is 174 g/mol. The Balaban J connectivity index is 0.00000121. The van der Waals surface area contributed by atoms with Crippen LogP contribution in [0.1, 0.15) is 22.8 Å². The van der Waals surface area contributed by atoms with Crippen LogP contribution in [0.15, 0.2) is 24.3 Å². The van der Waals surface area contributed by atoms with Gasteiger partial charge in [0.2, 0.25) is 0 Å². The van der Waals surface area contributed by atoms with Crippen molar-refractivity contribution < 1.29 is 9.90 Å². The molecule has 0 unspecified atom stereocenters. The van der Waals surface area contributed by atoms with E-state index < -0.39 is 5.97 Å². The zero-order valence-electron chi connectivity index (χ0n) is 6.37. The van der Waals surface area contributed by atoms with E-state index in [1.54, 1.807) is 12.1 Å². The molecule has 0 bridgehead atoms. The maximum atomic E-state index is 10.4. The van der Waals surface area contributed by atoms with Gasteiger partial charge in [-0.25, -0.2) is 4.79 Å². The molecule has 1 rings (SSSR count). The summed E-state index contributed by atoms with van der Waals surface area (Å²) in [5, 5.41) is 8.55. The van der Waals surface area contributed by atoms with Gasteiger partial charge >= 0.3 is 35.5 Å². The van der Waals surface area contributed by atoms with Crippen LogP contribution < -0.4 is 0 Å². The topological polar surface area (TPSA) is 37.3 Å². The van der Waals surface area contributed by atoms with E-state index in [4.69, 9.17) is 5.11 Å². The molecule has 3 heteroatoms. The molecule has 0 aliphatic carbocycles. The van der Waals surface area contributed by atoms with E-state index in [2.05, 4.69) is 0 Å². The standard InChI is InChI=1S/C9H10O2.Na.H/c1-2-7-3-5-8(6-4-7)9(10)11;;/h3-6H,2H2,1H3,(H,10,11);;. The minimum atomic E-state index is -0.868. The van der Waals surface area contributed by atoms with Crippen LogP contribution >= 0.6 is 0 Å². The van der Waals surface area contributed by atoms with Crippen LogP contribution in [0.25, 0.3) is 0 Å². The van der Waals surface area contributed by atoms with Crippen LogP contribution in [-0.4, -0.2) is 40.6 Å². The zero-order chi connectivity index (χ0) is 8.27. The number of hydrogen-bond donors (Lipinski definition) is 1. The monoisotopic (exact) mass is 174 g/mol. The van der Waals surface area contributed by atoms with Crippen molar-refractivity contribution in [1.82, 2.24) is 0 Å². The van der Waals surface area contributed by atoms with E-state index in [0.29, 0.717) is 5.56 Å². The van der Waals surface area contributed by atoms with E-state index in [1.807, 2.05) is 19.1 Å². The van der Waals surface area contributed by atoms with Crippen molar-refractivity contribution >= 4 is 35.5 Å². The minimum absolute atomic E-state index is 0. The third-order valence-corrected chi connectivity index (χ3v) is 1.61. The normalized spacial score (nSPS) is 8.75. The van der Waals surface area contributed by atoms with Gasteiger partial charge in [-0.15, -0.1) is 0 Å². The quantitative estimate of drug-likeness (QED) is 0.686. The van der Waals surface area contributed by atoms with Gasteiger partial charge in [-0.05, 0) is 24.1 Å². The van der Waals surface area contributed by atoms with Gasteiger partial charge in [-0.1, -0.05) is 19.1 Å². The summed E-state index contributed by atoms with van der Waals surface area (Å²) >= 11 is 0. The Morgan fingerprint density at radius 3 is 2.17 bits per heavy atom. The summed E-state index contributed by atoms with van der Waals surface area (Å²) in [6.07, 6.45) is 0.944. The molecule has 0 radical (unpaired) electrons. The number of carboxylic acid groups (broad SMARTS) is 1. The van der Waals surface area contributed by atoms with Crippen molar-refractivity contribution in [3.63, 3.8) is 0 Å². The molecule has 0 aliphatic heterocycles. The second kappa shape index (κ2) is 5.36. The van der Waals surface area contributed by atoms with Gasteiger partial charge in [0.1, 0.15) is 0 Å². The van der Waals surface area contributed by atoms with Crippen molar-refractivity contribution in [1.29, 1.82) is 0 Å². The van der Waals surface area contributed by atoms with Crippen molar-refractivity contribution in [3.05, 3.63) is 35.4 Å². The fraction of sp³-hybridized carbons (Fsp3) is 0.222. The van der Waals surface area contributed by atoms with E-state index in [9.17, 15) is 4.79 Å². The molecular formula is C9H11NaO2. The Labute approximate surface area is 93.9 Å². The molecule has 60 valence electrons. The first-order valence-electron chi connectivity index (χ1n) is 3.56. The van der Waals surface area contributed by atoms with E-state index in [-0.39, 0.29) is 29.6 Å². The first kappa shape index (κ1) is 11.7. The summed E-state index contributed by atoms with van der Waals surface area (Å²) in [5.74, 6) is -0.868. The van der Waals surface area contributed by atoms with Crippen LogP contribution in [-0.2, 0) is 6.42 Å². The predicted octanol–water partition coefficient (Wildman–Crippen LogP) is 1.30. The fourth-order valence-electron chi connectivity index (χ4n) is 0.883. The van der Waals surface area contributed by atoms with Crippen LogP contribution in [0.5, 0.6) is 0 Å². The van der Waals surface area contributed by atoms with Crippen molar-refractivity contribution in [3.8, 4) is 0 Å². The molecule has 0 amide bonds. The van der Waals surface area contributed by atoms with Crippen LogP contribution in [0.4, 0.5) is 0 Å². The molecule has 0 aromatic heterocycles. The third-order valence-electron chi connectivity index (χ3n) is 1.61. The maximum absolute atomic E-state index is 10.4. The summed E-state index contributed by atoms with van der Waals surface area (Å²) < 4.78 is 0. The number of rotatable bonds is 2. The molecular weight excluding hydrogens is 163 g/mol. The molecule has 1 aromatic rings. The Bertz CT molecular complexity index is 254. The predicted molar refractivity (Wildman–Crippen MR) is 49.9 cm³/mol. The van der Waals surface area contributed by atoms with E-state index in [0.717, 1.165) is 12.0 Å². The molecule has 0 atom stereocenters. The van der Waals surface area contributed by atoms with Crippen LogP contribution in [0.3, 0.4) is 0 Å². The van der Waals surface area contributed by atoms with E-state index in [1.165, 1.54) is 0 Å². The number of aromatic carboxylic acids is 1. The summed E-state index contributed by atoms with van der Waals surface area (Å²) in [4.78, 5) is 10.4. The fourth-order valence-corrected chi connectivity index (χ4v) is 0.883. The Morgan fingerprint density at radius 2 is 1.83 bits per heavy atom. The van der Waals surface area contributed by atoms with Crippen molar-refractivity contribution in [2.24, 2.45) is 0 Å². The second-order valence-electron chi connectivity index (χ2n) is 2.36. The molecule has 0 aliphatic rings. The Hall–Kier alpha value is -0.310. The molecule has 0 saturated carbocycles. The SMILES string of the molecule is CCc1ccc(C(=O)O)cc1.[NaH]. The molecule has 0 saturated heterocycles. The van der Waals surface area contributed by atoms with Crippen molar-refractivity contribution in [2.75, 3.05) is 0 Å². The summed E-state index contributed by atoms with van der Waals surface area (Å²) in [6.45, 7) is 2.04.